The van der Waals surface area contributed by atoms with Crippen molar-refractivity contribution in [3.63, 3.8) is 0 Å². The number of nitrogens with zero attached hydrogens (tertiary/aromatic N) is 1. The second-order valence-electron chi connectivity index (χ2n) is 7.03. The van der Waals surface area contributed by atoms with E-state index in [1.165, 1.54) is 0 Å². The third kappa shape index (κ3) is 4.11. The Bertz CT molecular complexity index is 414. The van der Waals surface area contributed by atoms with Crippen LogP contribution in [0, 0.1) is 5.92 Å². The Morgan fingerprint density at radius 3 is 2.42 bits per heavy atom. The molecule has 1 aliphatic rings. The normalized spacial score (nSPS) is 17.6. The van der Waals surface area contributed by atoms with E-state index in [1.54, 1.807) is 6.08 Å². The van der Waals surface area contributed by atoms with Gasteiger partial charge in [-0.15, -0.1) is 0 Å². The van der Waals surface area contributed by atoms with Crippen molar-refractivity contribution in [3.05, 3.63) is 11.6 Å². The third-order valence-electron chi connectivity index (χ3n) is 4.07. The molecule has 19 heavy (non-hydrogen) atoms. The van der Waals surface area contributed by atoms with E-state index in [0.717, 1.165) is 11.3 Å². The molecule has 3 nitrogen and oxygen atoms in total. The molecular weight excluding hydrogens is 254 g/mol. The van der Waals surface area contributed by atoms with Gasteiger partial charge in [-0.1, -0.05) is 34.6 Å². The van der Waals surface area contributed by atoms with Crippen LogP contribution in [-0.2, 0) is 9.22 Å². The van der Waals surface area contributed by atoms with Gasteiger partial charge < -0.3 is 4.43 Å². The van der Waals surface area contributed by atoms with Crippen LogP contribution in [0.25, 0.3) is 0 Å². The van der Waals surface area contributed by atoms with Gasteiger partial charge in [0.2, 0.25) is 0 Å². The van der Waals surface area contributed by atoms with Gasteiger partial charge in [0.25, 0.3) is 0 Å². The summed E-state index contributed by atoms with van der Waals surface area (Å²) in [6, 6.07) is 0. The summed E-state index contributed by atoms with van der Waals surface area (Å²) >= 11 is 0. The van der Waals surface area contributed by atoms with Crippen LogP contribution >= 0.6 is 0 Å². The zero-order chi connectivity index (χ0) is 14.8. The quantitative estimate of drug-likeness (QED) is 0.738. The van der Waals surface area contributed by atoms with E-state index >= 15 is 0 Å². The molecule has 1 rings (SSSR count). The number of aliphatic imine (C=N–C) groups is 1. The Morgan fingerprint density at radius 1 is 1.37 bits per heavy atom. The van der Waals surface area contributed by atoms with Crippen LogP contribution in [0.2, 0.25) is 18.1 Å². The van der Waals surface area contributed by atoms with Gasteiger partial charge in [0.15, 0.2) is 14.1 Å². The predicted octanol–water partition coefficient (Wildman–Crippen LogP) is 3.61. The molecule has 0 spiro atoms. The largest absolute Gasteiger partial charge is 0.411 e. The molecular formula is C15H27NO2Si. The Kier molecular flexibility index (Phi) is 4.90. The molecule has 0 aliphatic carbocycles. The monoisotopic (exact) mass is 281 g/mol. The van der Waals surface area contributed by atoms with Crippen molar-refractivity contribution >= 4 is 19.8 Å². The summed E-state index contributed by atoms with van der Waals surface area (Å²) in [5.41, 5.74) is 1.99. The van der Waals surface area contributed by atoms with Crippen molar-refractivity contribution < 1.29 is 9.22 Å². The van der Waals surface area contributed by atoms with Crippen molar-refractivity contribution in [2.24, 2.45) is 10.9 Å². The molecule has 0 unspecified atom stereocenters. The maximum atomic E-state index is 11.5. The maximum absolute atomic E-state index is 11.5. The lowest BCUT2D eigenvalue weighted by atomic mass is 9.95. The Labute approximate surface area is 118 Å². The van der Waals surface area contributed by atoms with Crippen molar-refractivity contribution in [1.29, 1.82) is 0 Å². The highest BCUT2D eigenvalue weighted by atomic mass is 28.4. The fourth-order valence-electron chi connectivity index (χ4n) is 1.66. The topological polar surface area (TPSA) is 38.7 Å². The van der Waals surface area contributed by atoms with Crippen LogP contribution in [0.3, 0.4) is 0 Å². The van der Waals surface area contributed by atoms with Crippen LogP contribution in [0.4, 0.5) is 0 Å². The third-order valence-corrected chi connectivity index (χ3v) is 8.55. The predicted molar refractivity (Wildman–Crippen MR) is 83.4 cm³/mol. The van der Waals surface area contributed by atoms with E-state index in [0.29, 0.717) is 12.5 Å². The van der Waals surface area contributed by atoms with E-state index in [4.69, 9.17) is 4.43 Å². The van der Waals surface area contributed by atoms with Gasteiger partial charge in [0.1, 0.15) is 6.54 Å². The van der Waals surface area contributed by atoms with E-state index in [-0.39, 0.29) is 17.4 Å². The molecule has 0 radical (unpaired) electrons. The molecule has 0 amide bonds. The highest BCUT2D eigenvalue weighted by molar-refractivity contribution is 6.74. The highest BCUT2D eigenvalue weighted by Gasteiger charge is 2.37. The first-order valence-corrected chi connectivity index (χ1v) is 9.87. The van der Waals surface area contributed by atoms with Gasteiger partial charge in [-0.3, -0.25) is 9.79 Å². The second kappa shape index (κ2) is 5.71. The molecule has 0 saturated heterocycles. The molecule has 1 aliphatic heterocycles. The van der Waals surface area contributed by atoms with E-state index < -0.39 is 8.32 Å². The summed E-state index contributed by atoms with van der Waals surface area (Å²) in [5.74, 6) is 0.408. The molecule has 0 N–H and O–H groups in total. The summed E-state index contributed by atoms with van der Waals surface area (Å²) in [6.07, 6.45) is 1.74. The number of carbonyl (C=O) groups excluding carboxylic acids is 1. The molecule has 0 saturated carbocycles. The van der Waals surface area contributed by atoms with Gasteiger partial charge in [0, 0.05) is 0 Å². The fraction of sp³-hybridized carbons (Fsp3) is 0.733. The standard InChI is InChI=1S/C15H27NO2Si/c1-11(2)13-8-12(17)9-16-14(13)10-18-19(6,7)15(3,4)5/h8,11H,9-10H2,1-7H3. The van der Waals surface area contributed by atoms with E-state index in [1.807, 2.05) is 0 Å². The van der Waals surface area contributed by atoms with Gasteiger partial charge in [-0.05, 0) is 35.7 Å². The maximum Gasteiger partial charge on any atom is 0.192 e. The van der Waals surface area contributed by atoms with Crippen molar-refractivity contribution in [3.8, 4) is 0 Å². The van der Waals surface area contributed by atoms with Crippen LogP contribution in [0.15, 0.2) is 16.6 Å². The molecule has 1 heterocycles. The highest BCUT2D eigenvalue weighted by Crippen LogP contribution is 2.36. The zero-order valence-electron chi connectivity index (χ0n) is 13.3. The lowest BCUT2D eigenvalue weighted by molar-refractivity contribution is -0.113. The number of hydrogen-bond donors (Lipinski definition) is 0. The van der Waals surface area contributed by atoms with Gasteiger partial charge >= 0.3 is 0 Å². The number of rotatable bonds is 4. The fourth-order valence-corrected chi connectivity index (χ4v) is 2.59. The van der Waals surface area contributed by atoms with Crippen LogP contribution in [0.5, 0.6) is 0 Å². The number of dihydropyridines is 1. The first-order valence-electron chi connectivity index (χ1n) is 6.96. The summed E-state index contributed by atoms with van der Waals surface area (Å²) < 4.78 is 6.21. The summed E-state index contributed by atoms with van der Waals surface area (Å²) in [4.78, 5) is 15.9. The molecule has 0 atom stereocenters. The summed E-state index contributed by atoms with van der Waals surface area (Å²) in [7, 11) is -1.76. The van der Waals surface area contributed by atoms with Crippen molar-refractivity contribution in [2.45, 2.75) is 52.8 Å². The van der Waals surface area contributed by atoms with Crippen LogP contribution in [-0.4, -0.2) is 33.0 Å². The first kappa shape index (κ1) is 16.3. The number of hydrogen-bond acceptors (Lipinski definition) is 3. The summed E-state index contributed by atoms with van der Waals surface area (Å²) in [6.45, 7) is 16.1. The SMILES string of the molecule is CC(C)C1=CC(=O)CN=C1CO[Si](C)(C)C(C)(C)C. The average Bonchev–Trinajstić information content (AvgIpc) is 2.25. The smallest absolute Gasteiger partial charge is 0.192 e. The molecule has 0 aromatic heterocycles. The minimum Gasteiger partial charge on any atom is -0.411 e. The van der Waals surface area contributed by atoms with Crippen molar-refractivity contribution in [2.75, 3.05) is 13.2 Å². The van der Waals surface area contributed by atoms with Gasteiger partial charge in [0.05, 0.1) is 12.3 Å². The number of carbonyl (C=O) groups is 1. The Balaban J connectivity index is 2.78. The molecule has 108 valence electrons. The molecule has 4 heteroatoms. The van der Waals surface area contributed by atoms with E-state index in [2.05, 4.69) is 52.7 Å². The minimum absolute atomic E-state index is 0.0970. The average molecular weight is 281 g/mol. The van der Waals surface area contributed by atoms with Gasteiger partial charge in [-0.25, -0.2) is 0 Å². The lowest BCUT2D eigenvalue weighted by Gasteiger charge is -2.36. The summed E-state index contributed by atoms with van der Waals surface area (Å²) in [5, 5.41) is 0.194. The Morgan fingerprint density at radius 2 is 1.95 bits per heavy atom. The van der Waals surface area contributed by atoms with Gasteiger partial charge in [-0.2, -0.15) is 0 Å². The minimum atomic E-state index is -1.76. The van der Waals surface area contributed by atoms with Crippen molar-refractivity contribution in [1.82, 2.24) is 0 Å². The number of ketones is 1. The van der Waals surface area contributed by atoms with Crippen LogP contribution < -0.4 is 0 Å². The second-order valence-corrected chi connectivity index (χ2v) is 11.8. The zero-order valence-corrected chi connectivity index (χ0v) is 14.3. The van der Waals surface area contributed by atoms with E-state index in [9.17, 15) is 4.79 Å². The lowest BCUT2D eigenvalue weighted by Crippen LogP contribution is -2.42. The molecule has 0 fully saturated rings. The van der Waals surface area contributed by atoms with Crippen LogP contribution in [0.1, 0.15) is 34.6 Å². The molecule has 0 bridgehead atoms. The Hall–Kier alpha value is -0.743. The molecule has 0 aromatic carbocycles. The first-order chi connectivity index (χ1) is 8.54. The molecule has 0 aromatic rings.